The van der Waals surface area contributed by atoms with E-state index in [1.165, 1.54) is 0 Å². The smallest absolute Gasteiger partial charge is 0.257 e. The molecule has 1 aromatic rings. The summed E-state index contributed by atoms with van der Waals surface area (Å²) in [5, 5.41) is 12.4. The van der Waals surface area contributed by atoms with Gasteiger partial charge in [-0.05, 0) is 26.0 Å². The Morgan fingerprint density at radius 2 is 2.21 bits per heavy atom. The molecule has 1 amide bonds. The number of nitrogens with zero attached hydrogens (tertiary/aromatic N) is 1. The number of anilines is 2. The van der Waals surface area contributed by atoms with Crippen LogP contribution in [-0.2, 0) is 9.53 Å². The Kier molecular flexibility index (Phi) is 4.39. The van der Waals surface area contributed by atoms with Gasteiger partial charge in [-0.2, -0.15) is 0 Å². The van der Waals surface area contributed by atoms with Crippen molar-refractivity contribution in [3.63, 3.8) is 0 Å². The fraction of sp³-hybridized carbons (Fsp3) is 0.500. The second kappa shape index (κ2) is 6.04. The first kappa shape index (κ1) is 13.8. The van der Waals surface area contributed by atoms with Gasteiger partial charge < -0.3 is 20.1 Å². The van der Waals surface area contributed by atoms with Gasteiger partial charge in [0.15, 0.2) is 6.10 Å². The van der Waals surface area contributed by atoms with E-state index in [9.17, 15) is 9.90 Å². The van der Waals surface area contributed by atoms with Crippen LogP contribution in [0.1, 0.15) is 25.5 Å². The number of ether oxygens (including phenoxy) is 1. The number of aliphatic hydroxyl groups is 1. The minimum atomic E-state index is -1.04. The van der Waals surface area contributed by atoms with Crippen LogP contribution in [0.15, 0.2) is 18.2 Å². The molecule has 1 unspecified atom stereocenters. The van der Waals surface area contributed by atoms with Crippen molar-refractivity contribution in [1.29, 1.82) is 0 Å². The van der Waals surface area contributed by atoms with Crippen LogP contribution in [0.5, 0.6) is 0 Å². The average Bonchev–Trinajstić information content (AvgIpc) is 2.70. The molecule has 0 spiro atoms. The average molecular weight is 264 g/mol. The molecule has 5 heteroatoms. The van der Waals surface area contributed by atoms with E-state index in [4.69, 9.17) is 4.74 Å². The lowest BCUT2D eigenvalue weighted by Crippen LogP contribution is -2.27. The summed E-state index contributed by atoms with van der Waals surface area (Å²) in [6.45, 7) is 7.11. The summed E-state index contributed by atoms with van der Waals surface area (Å²) in [4.78, 5) is 13.6. The Bertz CT molecular complexity index is 462. The third-order valence-electron chi connectivity index (χ3n) is 3.29. The Morgan fingerprint density at radius 1 is 1.42 bits per heavy atom. The van der Waals surface area contributed by atoms with Crippen LogP contribution >= 0.6 is 0 Å². The van der Waals surface area contributed by atoms with Gasteiger partial charge in [0.1, 0.15) is 0 Å². The molecule has 0 fully saturated rings. The first-order chi connectivity index (χ1) is 9.17. The number of likely N-dealkylation sites (N-methyl/N-ethyl adjacent to an activating group) is 1. The van der Waals surface area contributed by atoms with E-state index in [0.29, 0.717) is 24.5 Å². The molecule has 1 atom stereocenters. The zero-order valence-electron chi connectivity index (χ0n) is 11.3. The molecular weight excluding hydrogens is 244 g/mol. The summed E-state index contributed by atoms with van der Waals surface area (Å²) < 4.78 is 5.36. The van der Waals surface area contributed by atoms with Crippen LogP contribution in [0.25, 0.3) is 0 Å². The first-order valence-corrected chi connectivity index (χ1v) is 6.63. The van der Waals surface area contributed by atoms with E-state index < -0.39 is 6.10 Å². The highest BCUT2D eigenvalue weighted by Gasteiger charge is 2.28. The lowest BCUT2D eigenvalue weighted by molar-refractivity contribution is -0.123. The molecule has 0 radical (unpaired) electrons. The van der Waals surface area contributed by atoms with E-state index >= 15 is 0 Å². The molecule has 1 aliphatic rings. The van der Waals surface area contributed by atoms with E-state index in [0.717, 1.165) is 18.8 Å². The van der Waals surface area contributed by atoms with Crippen LogP contribution < -0.4 is 10.2 Å². The topological polar surface area (TPSA) is 61.8 Å². The van der Waals surface area contributed by atoms with Crippen molar-refractivity contribution in [3.8, 4) is 0 Å². The zero-order valence-corrected chi connectivity index (χ0v) is 11.3. The Labute approximate surface area is 113 Å². The standard InChI is InChI=1S/C14H20N2O3/c1-3-16(7-8-19-4-2)10-5-6-11-12(9-10)15-14(18)13(11)17/h5-6,9,13,17H,3-4,7-8H2,1-2H3,(H,15,18). The number of hydrogen-bond donors (Lipinski definition) is 2. The van der Waals surface area contributed by atoms with E-state index in [1.54, 1.807) is 6.07 Å². The quantitative estimate of drug-likeness (QED) is 0.765. The molecule has 1 aromatic carbocycles. The SMILES string of the molecule is CCOCCN(CC)c1ccc2c(c1)NC(=O)C2O. The van der Waals surface area contributed by atoms with E-state index in [2.05, 4.69) is 17.1 Å². The highest BCUT2D eigenvalue weighted by Crippen LogP contribution is 2.33. The maximum absolute atomic E-state index is 11.4. The van der Waals surface area contributed by atoms with Crippen LogP contribution in [0.2, 0.25) is 0 Å². The van der Waals surface area contributed by atoms with Gasteiger partial charge in [0.2, 0.25) is 0 Å². The summed E-state index contributed by atoms with van der Waals surface area (Å²) in [5.74, 6) is -0.357. The summed E-state index contributed by atoms with van der Waals surface area (Å²) in [6.07, 6.45) is -1.04. The molecule has 19 heavy (non-hydrogen) atoms. The van der Waals surface area contributed by atoms with Crippen LogP contribution in [0.4, 0.5) is 11.4 Å². The van der Waals surface area contributed by atoms with Crippen molar-refractivity contribution in [2.45, 2.75) is 20.0 Å². The minimum absolute atomic E-state index is 0.357. The number of hydrogen-bond acceptors (Lipinski definition) is 4. The molecule has 0 aromatic heterocycles. The third kappa shape index (κ3) is 2.88. The Balaban J connectivity index is 2.13. The van der Waals surface area contributed by atoms with Gasteiger partial charge in [-0.25, -0.2) is 0 Å². The fourth-order valence-corrected chi connectivity index (χ4v) is 2.22. The van der Waals surface area contributed by atoms with Gasteiger partial charge in [-0.15, -0.1) is 0 Å². The van der Waals surface area contributed by atoms with Gasteiger partial charge in [0.25, 0.3) is 5.91 Å². The van der Waals surface area contributed by atoms with Crippen LogP contribution in [0, 0.1) is 0 Å². The molecule has 104 valence electrons. The normalized spacial score (nSPS) is 17.2. The Morgan fingerprint density at radius 3 is 2.89 bits per heavy atom. The molecule has 0 bridgehead atoms. The van der Waals surface area contributed by atoms with Crippen molar-refractivity contribution in [2.75, 3.05) is 36.5 Å². The second-order valence-corrected chi connectivity index (χ2v) is 4.44. The van der Waals surface area contributed by atoms with Crippen molar-refractivity contribution in [3.05, 3.63) is 23.8 Å². The summed E-state index contributed by atoms with van der Waals surface area (Å²) in [6, 6.07) is 5.63. The number of rotatable bonds is 6. The maximum Gasteiger partial charge on any atom is 0.257 e. The predicted molar refractivity (Wildman–Crippen MR) is 74.4 cm³/mol. The van der Waals surface area contributed by atoms with Crippen molar-refractivity contribution in [2.24, 2.45) is 0 Å². The number of aliphatic hydroxyl groups excluding tert-OH is 1. The molecule has 2 rings (SSSR count). The second-order valence-electron chi connectivity index (χ2n) is 4.44. The van der Waals surface area contributed by atoms with Crippen molar-refractivity contribution >= 4 is 17.3 Å². The highest BCUT2D eigenvalue weighted by atomic mass is 16.5. The molecule has 0 saturated carbocycles. The molecule has 5 nitrogen and oxygen atoms in total. The van der Waals surface area contributed by atoms with Gasteiger partial charge in [0, 0.05) is 36.6 Å². The molecule has 2 N–H and O–H groups in total. The van der Waals surface area contributed by atoms with Crippen molar-refractivity contribution in [1.82, 2.24) is 0 Å². The molecule has 0 saturated heterocycles. The monoisotopic (exact) mass is 264 g/mol. The fourth-order valence-electron chi connectivity index (χ4n) is 2.22. The molecule has 1 aliphatic heterocycles. The van der Waals surface area contributed by atoms with Crippen molar-refractivity contribution < 1.29 is 14.6 Å². The predicted octanol–water partition coefficient (Wildman–Crippen LogP) is 1.53. The minimum Gasteiger partial charge on any atom is -0.380 e. The zero-order chi connectivity index (χ0) is 13.8. The number of fused-ring (bicyclic) bond motifs is 1. The summed E-state index contributed by atoms with van der Waals surface area (Å²) >= 11 is 0. The lowest BCUT2D eigenvalue weighted by Gasteiger charge is -2.23. The maximum atomic E-state index is 11.4. The number of amides is 1. The lowest BCUT2D eigenvalue weighted by atomic mass is 10.1. The van der Waals surface area contributed by atoms with Gasteiger partial charge >= 0.3 is 0 Å². The van der Waals surface area contributed by atoms with Gasteiger partial charge in [0.05, 0.1) is 6.61 Å². The number of carbonyl (C=O) groups is 1. The van der Waals surface area contributed by atoms with Gasteiger partial charge in [-0.3, -0.25) is 4.79 Å². The summed E-state index contributed by atoms with van der Waals surface area (Å²) in [5.41, 5.74) is 2.37. The Hall–Kier alpha value is -1.59. The molecule has 1 heterocycles. The largest absolute Gasteiger partial charge is 0.380 e. The van der Waals surface area contributed by atoms with Gasteiger partial charge in [-0.1, -0.05) is 6.07 Å². The summed E-state index contributed by atoms with van der Waals surface area (Å²) in [7, 11) is 0. The first-order valence-electron chi connectivity index (χ1n) is 6.63. The van der Waals surface area contributed by atoms with Crippen LogP contribution in [0.3, 0.4) is 0 Å². The third-order valence-corrected chi connectivity index (χ3v) is 3.29. The number of carbonyl (C=O) groups excluding carboxylic acids is 1. The molecule has 0 aliphatic carbocycles. The number of nitrogens with one attached hydrogen (secondary N) is 1. The van der Waals surface area contributed by atoms with Crippen LogP contribution in [-0.4, -0.2) is 37.3 Å². The van der Waals surface area contributed by atoms with E-state index in [-0.39, 0.29) is 5.91 Å². The highest BCUT2D eigenvalue weighted by molar-refractivity contribution is 6.02. The van der Waals surface area contributed by atoms with E-state index in [1.807, 2.05) is 19.1 Å². The molecular formula is C14H20N2O3. The number of benzene rings is 1.